The Labute approximate surface area is 307 Å². The normalized spacial score (nSPS) is 15.9. The molecule has 0 unspecified atom stereocenters. The molecule has 0 bridgehead atoms. The molecular formula is C43H40N4OPt-2. The molecule has 7 aromatic rings. The van der Waals surface area contributed by atoms with Crippen LogP contribution in [0.2, 0.25) is 0 Å². The molecule has 0 atom stereocenters. The number of ether oxygens (including phenoxy) is 1. The zero-order chi connectivity index (χ0) is 36.1. The zero-order valence-corrected chi connectivity index (χ0v) is 31.0. The number of imidazole rings is 1. The van der Waals surface area contributed by atoms with Gasteiger partial charge in [0.05, 0.1) is 11.1 Å². The minimum Gasteiger partial charge on any atom is -0.510 e. The molecule has 0 aliphatic heterocycles. The van der Waals surface area contributed by atoms with Gasteiger partial charge < -0.3 is 18.4 Å². The van der Waals surface area contributed by atoms with Crippen molar-refractivity contribution in [2.24, 2.45) is 6.98 Å². The fraction of sp³-hybridized carbons (Fsp3) is 0.256. The van der Waals surface area contributed by atoms with Crippen molar-refractivity contribution in [1.29, 1.82) is 0 Å². The van der Waals surface area contributed by atoms with E-state index in [0.717, 1.165) is 44.4 Å². The Morgan fingerprint density at radius 2 is 1.51 bits per heavy atom. The summed E-state index contributed by atoms with van der Waals surface area (Å²) >= 11 is 0. The Morgan fingerprint density at radius 1 is 0.796 bits per heavy atom. The minimum atomic E-state index is -2.44. The third-order valence-corrected chi connectivity index (χ3v) is 9.94. The van der Waals surface area contributed by atoms with Crippen molar-refractivity contribution in [2.75, 3.05) is 0 Å². The van der Waals surface area contributed by atoms with Crippen molar-refractivity contribution < 1.29 is 34.5 Å². The van der Waals surface area contributed by atoms with Crippen LogP contribution in [-0.2, 0) is 44.3 Å². The first-order valence-electron chi connectivity index (χ1n) is 17.9. The third kappa shape index (κ3) is 5.17. The van der Waals surface area contributed by atoms with E-state index in [1.807, 2.05) is 59.3 Å². The van der Waals surface area contributed by atoms with Crippen LogP contribution in [0.4, 0.5) is 0 Å². The number of para-hydroxylation sites is 1. The molecule has 250 valence electrons. The fourth-order valence-electron chi connectivity index (χ4n) is 7.49. The molecule has 1 aliphatic carbocycles. The van der Waals surface area contributed by atoms with Gasteiger partial charge in [-0.2, -0.15) is 18.2 Å². The molecule has 6 heteroatoms. The zero-order valence-electron chi connectivity index (χ0n) is 31.8. The maximum Gasteiger partial charge on any atom is 0.241 e. The van der Waals surface area contributed by atoms with Crippen LogP contribution < -0.4 is 9.30 Å². The van der Waals surface area contributed by atoms with Gasteiger partial charge in [-0.1, -0.05) is 102 Å². The molecule has 3 heterocycles. The molecule has 8 rings (SSSR count). The molecule has 5 nitrogen and oxygen atoms in total. The Morgan fingerprint density at radius 3 is 2.27 bits per heavy atom. The van der Waals surface area contributed by atoms with Gasteiger partial charge >= 0.3 is 0 Å². The quantitative estimate of drug-likeness (QED) is 0.131. The van der Waals surface area contributed by atoms with Crippen molar-refractivity contribution in [3.8, 4) is 23.0 Å². The van der Waals surface area contributed by atoms with E-state index >= 15 is 0 Å². The summed E-state index contributed by atoms with van der Waals surface area (Å²) in [4.78, 5) is 4.79. The van der Waals surface area contributed by atoms with Crippen molar-refractivity contribution in [3.05, 3.63) is 144 Å². The average Bonchev–Trinajstić information content (AvgIpc) is 3.66. The first kappa shape index (κ1) is 29.4. The molecule has 0 fully saturated rings. The summed E-state index contributed by atoms with van der Waals surface area (Å²) < 4.78 is 37.3. The number of rotatable bonds is 4. The van der Waals surface area contributed by atoms with Gasteiger partial charge in [-0.05, 0) is 45.7 Å². The van der Waals surface area contributed by atoms with Crippen molar-refractivity contribution in [2.45, 2.75) is 64.7 Å². The number of aromatic nitrogens is 4. The summed E-state index contributed by atoms with van der Waals surface area (Å²) in [7, 11) is 0. The Bertz CT molecular complexity index is 2500. The van der Waals surface area contributed by atoms with E-state index in [-0.39, 0.29) is 26.5 Å². The van der Waals surface area contributed by atoms with E-state index in [9.17, 15) is 0 Å². The van der Waals surface area contributed by atoms with Gasteiger partial charge in [0.25, 0.3) is 0 Å². The van der Waals surface area contributed by atoms with Crippen LogP contribution in [0.15, 0.2) is 97.2 Å². The van der Waals surface area contributed by atoms with Gasteiger partial charge in [-0.15, -0.1) is 29.7 Å². The monoisotopic (exact) mass is 826 g/mol. The number of benzene rings is 4. The smallest absolute Gasteiger partial charge is 0.241 e. The van der Waals surface area contributed by atoms with E-state index in [1.165, 1.54) is 10.1 Å². The molecule has 1 aliphatic rings. The van der Waals surface area contributed by atoms with Gasteiger partial charge in [-0.25, -0.2) is 4.98 Å². The summed E-state index contributed by atoms with van der Waals surface area (Å²) in [6.45, 7) is 12.6. The first-order valence-corrected chi connectivity index (χ1v) is 16.4. The van der Waals surface area contributed by atoms with Gasteiger partial charge in [0.1, 0.15) is 5.82 Å². The van der Waals surface area contributed by atoms with Crippen LogP contribution in [0.1, 0.15) is 80.7 Å². The van der Waals surface area contributed by atoms with Crippen LogP contribution in [0.5, 0.6) is 11.5 Å². The second-order valence-electron chi connectivity index (χ2n) is 14.9. The summed E-state index contributed by atoms with van der Waals surface area (Å²) in [5.74, 6) is 1.82. The van der Waals surface area contributed by atoms with E-state index in [2.05, 4.69) is 114 Å². The Hall–Kier alpha value is -4.47. The largest absolute Gasteiger partial charge is 0.510 e. The minimum absolute atomic E-state index is 0. The van der Waals surface area contributed by atoms with Gasteiger partial charge in [0, 0.05) is 66.5 Å². The van der Waals surface area contributed by atoms with Crippen molar-refractivity contribution >= 4 is 21.8 Å². The van der Waals surface area contributed by atoms with Crippen LogP contribution in [0, 0.1) is 18.5 Å². The maximum absolute atomic E-state index is 8.50. The predicted octanol–water partition coefficient (Wildman–Crippen LogP) is 9.25. The number of nitrogens with zero attached hydrogens (tertiary/aromatic N) is 4. The predicted molar refractivity (Wildman–Crippen MR) is 192 cm³/mol. The van der Waals surface area contributed by atoms with Crippen LogP contribution >= 0.6 is 0 Å². The number of pyridine rings is 1. The van der Waals surface area contributed by atoms with E-state index in [0.29, 0.717) is 22.9 Å². The molecular weight excluding hydrogens is 784 g/mol. The Kier molecular flexibility index (Phi) is 6.95. The fourth-order valence-corrected chi connectivity index (χ4v) is 7.49. The summed E-state index contributed by atoms with van der Waals surface area (Å²) in [5.41, 5.74) is 6.40. The van der Waals surface area contributed by atoms with Gasteiger partial charge in [-0.3, -0.25) is 0 Å². The van der Waals surface area contributed by atoms with Crippen molar-refractivity contribution in [1.82, 2.24) is 14.1 Å². The molecule has 0 radical (unpaired) electrons. The molecule has 0 spiro atoms. The number of hydrogen-bond donors (Lipinski definition) is 0. The molecule has 0 saturated heterocycles. The number of aryl methyl sites for hydroxylation is 1. The van der Waals surface area contributed by atoms with Crippen LogP contribution in [0.3, 0.4) is 0 Å². The SMILES string of the molecule is [2H]C([2H])([2H])[n+]1[c-]n(-c2[c-]c(Oc3[c-]c4c(cc3)c3ccccc3n4-c3cc(C(C)(C)C)ccn3)ccc2)c2c1C(C)(C)c1ccccc1C2(C)C.[Pt]. The molecule has 4 aromatic carbocycles. The first-order chi connectivity index (χ1) is 24.1. The number of hydrogen-bond acceptors (Lipinski definition) is 2. The van der Waals surface area contributed by atoms with E-state index < -0.39 is 17.8 Å². The molecule has 0 saturated carbocycles. The average molecular weight is 827 g/mol. The molecule has 49 heavy (non-hydrogen) atoms. The van der Waals surface area contributed by atoms with Gasteiger partial charge in [0.15, 0.2) is 0 Å². The standard InChI is InChI=1S/C43H40N4O.Pt/c1-41(2,3)28-22-23-44-38(24-28)47-36-19-12-9-16-32(36)33-21-20-31(26-37(33)47)48-30-15-13-14-29(25-30)46-27-45(8)39-40(46)43(6,7)35-18-11-10-17-34(35)42(39,4)5;/h9-24H,1-8H3;/q-2;/i8D3;. The maximum atomic E-state index is 8.50. The van der Waals surface area contributed by atoms with Crippen LogP contribution in [-0.4, -0.2) is 14.1 Å². The van der Waals surface area contributed by atoms with E-state index in [4.69, 9.17) is 13.8 Å². The van der Waals surface area contributed by atoms with E-state index in [1.54, 1.807) is 0 Å². The second kappa shape index (κ2) is 11.6. The van der Waals surface area contributed by atoms with Crippen LogP contribution in [0.25, 0.3) is 33.3 Å². The molecule has 3 aromatic heterocycles. The summed E-state index contributed by atoms with van der Waals surface area (Å²) in [6, 6.07) is 37.4. The van der Waals surface area contributed by atoms with Gasteiger partial charge in [0.2, 0.25) is 6.33 Å². The topological polar surface area (TPSA) is 35.9 Å². The molecule has 0 amide bonds. The molecule has 0 N–H and O–H groups in total. The van der Waals surface area contributed by atoms with Crippen molar-refractivity contribution in [3.63, 3.8) is 0 Å². The Balaban J connectivity index is 0.00000420. The number of fused-ring (bicyclic) bond motifs is 5. The summed E-state index contributed by atoms with van der Waals surface area (Å²) in [6.07, 6.45) is 5.10. The summed E-state index contributed by atoms with van der Waals surface area (Å²) in [5, 5.41) is 2.15. The second-order valence-corrected chi connectivity index (χ2v) is 14.9. The third-order valence-electron chi connectivity index (χ3n) is 9.94.